The zero-order valence-corrected chi connectivity index (χ0v) is 15.7. The molecule has 20 heavy (non-hydrogen) atoms. The summed E-state index contributed by atoms with van der Waals surface area (Å²) in [6, 6.07) is 0.633. The summed E-state index contributed by atoms with van der Waals surface area (Å²) < 4.78 is 4.01. The molecular weight excluding hydrogens is 264 g/mol. The zero-order valence-electron chi connectivity index (χ0n) is 14.9. The highest BCUT2D eigenvalue weighted by Crippen LogP contribution is 2.34. The zero-order chi connectivity index (χ0) is 15.6. The van der Waals surface area contributed by atoms with E-state index >= 15 is 0 Å². The Morgan fingerprint density at radius 2 is 1.90 bits per heavy atom. The van der Waals surface area contributed by atoms with Crippen LogP contribution in [0.15, 0.2) is 0 Å². The van der Waals surface area contributed by atoms with Gasteiger partial charge in [-0.2, -0.15) is 0 Å². The van der Waals surface area contributed by atoms with E-state index in [2.05, 4.69) is 65.1 Å². The molecule has 120 valence electrons. The summed E-state index contributed by atoms with van der Waals surface area (Å²) in [6.45, 7) is 17.5. The second-order valence-electron chi connectivity index (χ2n) is 8.52. The van der Waals surface area contributed by atoms with Crippen molar-refractivity contribution in [3.8, 4) is 0 Å². The Morgan fingerprint density at radius 3 is 2.30 bits per heavy atom. The molecule has 1 rings (SSSR count). The first-order valence-electron chi connectivity index (χ1n) is 8.16. The van der Waals surface area contributed by atoms with Crippen LogP contribution in [0.3, 0.4) is 0 Å². The molecule has 1 aliphatic heterocycles. The molecule has 0 spiro atoms. The lowest BCUT2D eigenvalue weighted by Crippen LogP contribution is -2.34. The highest BCUT2D eigenvalue weighted by molar-refractivity contribution is 7.98. The summed E-state index contributed by atoms with van der Waals surface area (Å²) in [4.78, 5) is 2.53. The molecular formula is C17H36N2S. The largest absolute Gasteiger partial charge is 0.301 e. The van der Waals surface area contributed by atoms with Crippen molar-refractivity contribution in [1.82, 2.24) is 9.62 Å². The van der Waals surface area contributed by atoms with Gasteiger partial charge in [-0.25, -0.2) is 0 Å². The maximum Gasteiger partial charge on any atom is 0.0220 e. The highest BCUT2D eigenvalue weighted by Gasteiger charge is 2.35. The van der Waals surface area contributed by atoms with Gasteiger partial charge in [-0.1, -0.05) is 25.8 Å². The Balaban J connectivity index is 2.40. The van der Waals surface area contributed by atoms with Gasteiger partial charge in [0.2, 0.25) is 0 Å². The summed E-state index contributed by atoms with van der Waals surface area (Å²) in [5.41, 5.74) is 0.394. The molecule has 0 bridgehead atoms. The molecule has 0 aliphatic carbocycles. The molecule has 1 fully saturated rings. The Morgan fingerprint density at radius 1 is 1.30 bits per heavy atom. The third-order valence-corrected chi connectivity index (χ3v) is 5.59. The molecule has 1 heterocycles. The minimum Gasteiger partial charge on any atom is -0.301 e. The first-order chi connectivity index (χ1) is 9.01. The predicted octanol–water partition coefficient (Wildman–Crippen LogP) is 4.56. The van der Waals surface area contributed by atoms with E-state index in [1.54, 1.807) is 0 Å². The first kappa shape index (κ1) is 18.3. The van der Waals surface area contributed by atoms with Gasteiger partial charge >= 0.3 is 0 Å². The number of hydrogen-bond donors (Lipinski definition) is 1. The van der Waals surface area contributed by atoms with E-state index in [9.17, 15) is 0 Å². The van der Waals surface area contributed by atoms with E-state index in [1.165, 1.54) is 25.8 Å². The van der Waals surface area contributed by atoms with Gasteiger partial charge in [0.15, 0.2) is 0 Å². The van der Waals surface area contributed by atoms with Gasteiger partial charge in [-0.05, 0) is 72.8 Å². The molecule has 1 aliphatic rings. The lowest BCUT2D eigenvalue weighted by molar-refractivity contribution is 0.218. The lowest BCUT2D eigenvalue weighted by atomic mass is 9.90. The molecule has 0 saturated carbocycles. The van der Waals surface area contributed by atoms with E-state index < -0.39 is 0 Å². The Labute approximate surface area is 131 Å². The van der Waals surface area contributed by atoms with Crippen LogP contribution in [0.1, 0.15) is 67.7 Å². The molecule has 0 aromatic heterocycles. The van der Waals surface area contributed by atoms with E-state index in [1.807, 2.05) is 11.9 Å². The number of rotatable bonds is 6. The third-order valence-electron chi connectivity index (χ3n) is 4.56. The van der Waals surface area contributed by atoms with Crippen molar-refractivity contribution in [1.29, 1.82) is 0 Å². The quantitative estimate of drug-likeness (QED) is 0.724. The fourth-order valence-corrected chi connectivity index (χ4v) is 3.85. The molecule has 1 N–H and O–H groups in total. The van der Waals surface area contributed by atoms with Crippen LogP contribution in [0.5, 0.6) is 0 Å². The van der Waals surface area contributed by atoms with Crippen molar-refractivity contribution in [2.24, 2.45) is 11.8 Å². The van der Waals surface area contributed by atoms with Crippen molar-refractivity contribution in [3.63, 3.8) is 0 Å². The minimum atomic E-state index is 0.294. The normalized spacial score (nSPS) is 25.4. The maximum absolute atomic E-state index is 3.72. The highest BCUT2D eigenvalue weighted by atomic mass is 32.2. The van der Waals surface area contributed by atoms with E-state index in [0.717, 1.165) is 5.92 Å². The first-order valence-corrected chi connectivity index (χ1v) is 8.98. The molecule has 0 aromatic carbocycles. The lowest BCUT2D eigenvalue weighted by Gasteiger charge is -2.27. The van der Waals surface area contributed by atoms with Crippen LogP contribution >= 0.6 is 11.9 Å². The van der Waals surface area contributed by atoms with Crippen molar-refractivity contribution in [2.75, 3.05) is 13.6 Å². The van der Waals surface area contributed by atoms with Gasteiger partial charge in [0.05, 0.1) is 0 Å². The fraction of sp³-hybridized carbons (Fsp3) is 1.00. The summed E-state index contributed by atoms with van der Waals surface area (Å²) in [7, 11) is 2.27. The number of likely N-dealkylation sites (tertiary alicyclic amines) is 1. The second kappa shape index (κ2) is 7.02. The van der Waals surface area contributed by atoms with Crippen LogP contribution in [-0.2, 0) is 0 Å². The van der Waals surface area contributed by atoms with Crippen molar-refractivity contribution < 1.29 is 0 Å². The van der Waals surface area contributed by atoms with Crippen molar-refractivity contribution in [3.05, 3.63) is 0 Å². The summed E-state index contributed by atoms with van der Waals surface area (Å²) >= 11 is 1.89. The summed E-state index contributed by atoms with van der Waals surface area (Å²) in [5, 5.41) is 0. The summed E-state index contributed by atoms with van der Waals surface area (Å²) in [6.07, 6.45) is 4.00. The second-order valence-corrected chi connectivity index (χ2v) is 10.2. The maximum atomic E-state index is 3.72. The van der Waals surface area contributed by atoms with Crippen LogP contribution in [0, 0.1) is 11.8 Å². The summed E-state index contributed by atoms with van der Waals surface area (Å²) in [5.74, 6) is 1.58. The van der Waals surface area contributed by atoms with E-state index in [0.29, 0.717) is 22.2 Å². The molecule has 0 aromatic rings. The van der Waals surface area contributed by atoms with Crippen LogP contribution in [0.2, 0.25) is 0 Å². The standard InChI is InChI=1S/C17H36N2S/c1-13(2)15(18-20-16(3,4)5)10-9-14-11-17(6,7)19(8)12-14/h13-15,18H,9-12H2,1-8H3. The van der Waals surface area contributed by atoms with Gasteiger partial charge in [0, 0.05) is 22.9 Å². The van der Waals surface area contributed by atoms with Gasteiger partial charge in [0.25, 0.3) is 0 Å². The molecule has 2 nitrogen and oxygen atoms in total. The molecule has 2 unspecified atom stereocenters. The predicted molar refractivity (Wildman–Crippen MR) is 93.2 cm³/mol. The topological polar surface area (TPSA) is 15.3 Å². The average Bonchev–Trinajstić information content (AvgIpc) is 2.50. The number of nitrogens with zero attached hydrogens (tertiary/aromatic N) is 1. The van der Waals surface area contributed by atoms with Crippen LogP contribution in [-0.4, -0.2) is 34.8 Å². The van der Waals surface area contributed by atoms with Gasteiger partial charge in [-0.15, -0.1) is 0 Å². The molecule has 0 amide bonds. The van der Waals surface area contributed by atoms with E-state index in [4.69, 9.17) is 0 Å². The Kier molecular flexibility index (Phi) is 6.43. The third kappa shape index (κ3) is 5.95. The van der Waals surface area contributed by atoms with Crippen LogP contribution < -0.4 is 4.72 Å². The smallest absolute Gasteiger partial charge is 0.0220 e. The van der Waals surface area contributed by atoms with Crippen LogP contribution in [0.4, 0.5) is 0 Å². The average molecular weight is 301 g/mol. The SMILES string of the molecule is CC(C)C(CCC1CN(C)C(C)(C)C1)NSC(C)(C)C. The fourth-order valence-electron chi connectivity index (χ4n) is 2.95. The van der Waals surface area contributed by atoms with Crippen LogP contribution in [0.25, 0.3) is 0 Å². The molecule has 2 atom stereocenters. The molecule has 1 saturated heterocycles. The van der Waals surface area contributed by atoms with Gasteiger partial charge in [0.1, 0.15) is 0 Å². The molecule has 3 heteroatoms. The van der Waals surface area contributed by atoms with Crippen molar-refractivity contribution in [2.45, 2.75) is 84.1 Å². The number of hydrogen-bond acceptors (Lipinski definition) is 3. The molecule has 0 radical (unpaired) electrons. The van der Waals surface area contributed by atoms with E-state index in [-0.39, 0.29) is 0 Å². The Bertz CT molecular complexity index is 294. The van der Waals surface area contributed by atoms with Gasteiger partial charge < -0.3 is 4.90 Å². The minimum absolute atomic E-state index is 0.294. The van der Waals surface area contributed by atoms with Crippen molar-refractivity contribution >= 4 is 11.9 Å². The monoisotopic (exact) mass is 300 g/mol. The number of nitrogens with one attached hydrogen (secondary N) is 1. The Hall–Kier alpha value is 0.270. The van der Waals surface area contributed by atoms with Gasteiger partial charge in [-0.3, -0.25) is 4.72 Å².